The van der Waals surface area contributed by atoms with E-state index in [1.54, 1.807) is 0 Å². The summed E-state index contributed by atoms with van der Waals surface area (Å²) in [6, 6.07) is 9.61. The third-order valence-electron chi connectivity index (χ3n) is 11.6. The Bertz CT molecular complexity index is 1550. The number of hydrogen-bond donors (Lipinski definition) is 0. The number of carbonyl (C=O) groups is 1. The Labute approximate surface area is 281 Å². The van der Waals surface area contributed by atoms with E-state index in [0.29, 0.717) is 63.6 Å². The molecule has 4 aliphatic rings. The predicted octanol–water partition coefficient (Wildman–Crippen LogP) is 5.86. The maximum atomic E-state index is 12.8. The summed E-state index contributed by atoms with van der Waals surface area (Å²) in [6.07, 6.45) is 8.40. The lowest BCUT2D eigenvalue weighted by molar-refractivity contribution is -0.133. The zero-order valence-corrected chi connectivity index (χ0v) is 29.4. The van der Waals surface area contributed by atoms with Crippen LogP contribution in [0.4, 0.5) is 11.5 Å². The first-order valence-electron chi connectivity index (χ1n) is 17.8. The quantitative estimate of drug-likeness (QED) is 0.355. The summed E-state index contributed by atoms with van der Waals surface area (Å²) in [7, 11) is 2.20. The molecule has 252 valence electrons. The van der Waals surface area contributed by atoms with Gasteiger partial charge in [0.25, 0.3) is 0 Å². The van der Waals surface area contributed by atoms with Crippen LogP contribution in [0.3, 0.4) is 0 Å². The number of anilines is 2. The zero-order chi connectivity index (χ0) is 33.3. The summed E-state index contributed by atoms with van der Waals surface area (Å²) in [6.45, 7) is 16.2. The molecule has 0 radical (unpaired) electrons. The zero-order valence-electron chi connectivity index (χ0n) is 29.4. The highest BCUT2D eigenvalue weighted by Crippen LogP contribution is 2.41. The topological polar surface area (TPSA) is 88.8 Å². The average molecular weight is 640 g/mol. The third kappa shape index (κ3) is 6.72. The lowest BCUT2D eigenvalue weighted by atomic mass is 9.69. The summed E-state index contributed by atoms with van der Waals surface area (Å²) >= 11 is 0. The van der Waals surface area contributed by atoms with E-state index in [4.69, 9.17) is 14.7 Å². The van der Waals surface area contributed by atoms with Crippen molar-refractivity contribution < 1.29 is 9.53 Å². The molecule has 47 heavy (non-hydrogen) atoms. The van der Waals surface area contributed by atoms with Gasteiger partial charge in [-0.1, -0.05) is 45.9 Å². The number of nitrogens with zero attached hydrogens (tertiary/aromatic N) is 7. The van der Waals surface area contributed by atoms with E-state index >= 15 is 0 Å². The fourth-order valence-electron chi connectivity index (χ4n) is 8.13. The number of ether oxygens (including phenoxy) is 1. The van der Waals surface area contributed by atoms with Crippen molar-refractivity contribution >= 4 is 23.0 Å². The number of aromatic nitrogens is 2. The number of carbonyl (C=O) groups excluding carboxylic acids is 1. The number of rotatable bonds is 8. The highest BCUT2D eigenvalue weighted by molar-refractivity contribution is 5.80. The molecule has 9 nitrogen and oxygen atoms in total. The molecule has 6 rings (SSSR count). The van der Waals surface area contributed by atoms with E-state index in [1.165, 1.54) is 34.4 Å². The number of hydrogen-bond acceptors (Lipinski definition) is 8. The van der Waals surface area contributed by atoms with Gasteiger partial charge in [-0.05, 0) is 81.2 Å². The van der Waals surface area contributed by atoms with Crippen LogP contribution in [0, 0.1) is 22.7 Å². The molecule has 2 fully saturated rings. The molecule has 1 aromatic heterocycles. The van der Waals surface area contributed by atoms with Crippen molar-refractivity contribution in [3.05, 3.63) is 46.7 Å². The summed E-state index contributed by atoms with van der Waals surface area (Å²) < 4.78 is 6.55. The van der Waals surface area contributed by atoms with Crippen LogP contribution in [0.5, 0.6) is 6.01 Å². The molecule has 2 saturated heterocycles. The van der Waals surface area contributed by atoms with Crippen LogP contribution in [0.25, 0.3) is 5.57 Å². The first-order valence-corrected chi connectivity index (χ1v) is 17.8. The van der Waals surface area contributed by atoms with Crippen LogP contribution < -0.4 is 14.5 Å². The Morgan fingerprint density at radius 1 is 1.13 bits per heavy atom. The van der Waals surface area contributed by atoms with Gasteiger partial charge in [0, 0.05) is 55.5 Å². The van der Waals surface area contributed by atoms with E-state index in [0.717, 1.165) is 50.3 Å². The van der Waals surface area contributed by atoms with Crippen LogP contribution in [0.15, 0.2) is 24.3 Å². The van der Waals surface area contributed by atoms with E-state index in [1.807, 2.05) is 11.8 Å². The molecule has 3 atom stereocenters. The lowest BCUT2D eigenvalue weighted by Crippen LogP contribution is -2.55. The van der Waals surface area contributed by atoms with Crippen molar-refractivity contribution in [3.8, 4) is 12.1 Å². The number of piperidine rings is 1. The van der Waals surface area contributed by atoms with Crippen molar-refractivity contribution in [2.24, 2.45) is 11.3 Å². The van der Waals surface area contributed by atoms with Crippen molar-refractivity contribution in [2.45, 2.75) is 98.2 Å². The molecule has 0 saturated carbocycles. The fourth-order valence-corrected chi connectivity index (χ4v) is 8.13. The molecule has 4 heterocycles. The number of nitriles is 1. The van der Waals surface area contributed by atoms with Crippen molar-refractivity contribution in [3.63, 3.8) is 0 Å². The number of allylic oxidation sites excluding steroid dienone is 2. The standard InChI is InChI=1S/C38H53N7O2/c1-7-34(46)45-21-20-44(23-29(45)14-17-39)36-31-15-18-43(33-13-9-12-28-11-8-10-27(4)35(28)33)24-32(31)40-37(41-36)47-25-30-22-38(5,26(2)3)16-19-42(30)6/h9-10,12-13,26,29-30H,7-8,11,14-16,18-25H2,1-6H3. The van der Waals surface area contributed by atoms with Gasteiger partial charge in [-0.15, -0.1) is 0 Å². The lowest BCUT2D eigenvalue weighted by Gasteiger charge is -2.45. The monoisotopic (exact) mass is 639 g/mol. The number of benzene rings is 1. The van der Waals surface area contributed by atoms with Gasteiger partial charge in [-0.2, -0.15) is 15.2 Å². The average Bonchev–Trinajstić information content (AvgIpc) is 3.07. The van der Waals surface area contributed by atoms with E-state index in [2.05, 4.69) is 79.8 Å². The number of piperazine rings is 1. The number of likely N-dealkylation sites (tertiary alicyclic amines) is 1. The summed E-state index contributed by atoms with van der Waals surface area (Å²) in [4.78, 5) is 32.1. The molecular weight excluding hydrogens is 586 g/mol. The third-order valence-corrected chi connectivity index (χ3v) is 11.6. The van der Waals surface area contributed by atoms with Gasteiger partial charge >= 0.3 is 6.01 Å². The first-order chi connectivity index (χ1) is 22.6. The molecular formula is C38H53N7O2. The summed E-state index contributed by atoms with van der Waals surface area (Å²) in [5.74, 6) is 1.62. The van der Waals surface area contributed by atoms with Gasteiger partial charge < -0.3 is 19.4 Å². The Kier molecular flexibility index (Phi) is 9.80. The van der Waals surface area contributed by atoms with Crippen LogP contribution in [-0.2, 0) is 24.2 Å². The van der Waals surface area contributed by atoms with Gasteiger partial charge in [0.15, 0.2) is 0 Å². The van der Waals surface area contributed by atoms with E-state index < -0.39 is 0 Å². The van der Waals surface area contributed by atoms with Gasteiger partial charge in [0.05, 0.1) is 30.8 Å². The Morgan fingerprint density at radius 2 is 1.96 bits per heavy atom. The Morgan fingerprint density at radius 3 is 2.72 bits per heavy atom. The van der Waals surface area contributed by atoms with Gasteiger partial charge in [-0.3, -0.25) is 9.69 Å². The number of aryl methyl sites for hydroxylation is 1. The molecule has 0 spiro atoms. The maximum Gasteiger partial charge on any atom is 0.318 e. The Balaban J connectivity index is 1.32. The van der Waals surface area contributed by atoms with Crippen LogP contribution in [0.1, 0.15) is 89.1 Å². The van der Waals surface area contributed by atoms with Gasteiger partial charge in [-0.25, -0.2) is 0 Å². The normalized spacial score (nSPS) is 24.8. The fraction of sp³-hybridized carbons (Fsp3) is 0.632. The second kappa shape index (κ2) is 13.8. The largest absolute Gasteiger partial charge is 0.462 e. The van der Waals surface area contributed by atoms with Crippen LogP contribution in [-0.4, -0.2) is 84.1 Å². The minimum atomic E-state index is -0.161. The highest BCUT2D eigenvalue weighted by Gasteiger charge is 2.38. The van der Waals surface area contributed by atoms with E-state index in [-0.39, 0.29) is 17.4 Å². The van der Waals surface area contributed by atoms with Gasteiger partial charge in [0.1, 0.15) is 12.4 Å². The maximum absolute atomic E-state index is 12.8. The number of likely N-dealkylation sites (N-methyl/N-ethyl adjacent to an activating group) is 1. The van der Waals surface area contributed by atoms with Crippen molar-refractivity contribution in [1.82, 2.24) is 19.8 Å². The second-order valence-electron chi connectivity index (χ2n) is 14.8. The first kappa shape index (κ1) is 33.3. The van der Waals surface area contributed by atoms with Crippen molar-refractivity contribution in [2.75, 3.05) is 56.2 Å². The highest BCUT2D eigenvalue weighted by atomic mass is 16.5. The second-order valence-corrected chi connectivity index (χ2v) is 14.8. The van der Waals surface area contributed by atoms with Crippen LogP contribution >= 0.6 is 0 Å². The molecule has 3 aliphatic heterocycles. The minimum Gasteiger partial charge on any atom is -0.462 e. The molecule has 1 aliphatic carbocycles. The smallest absolute Gasteiger partial charge is 0.318 e. The van der Waals surface area contributed by atoms with Gasteiger partial charge in [0.2, 0.25) is 5.91 Å². The Hall–Kier alpha value is -3.64. The predicted molar refractivity (Wildman–Crippen MR) is 188 cm³/mol. The molecule has 1 aromatic carbocycles. The number of amides is 1. The summed E-state index contributed by atoms with van der Waals surface area (Å²) in [5.41, 5.74) is 7.90. The molecule has 9 heteroatoms. The molecule has 1 amide bonds. The SMILES string of the molecule is CCC(=O)N1CCN(c2nc(OCC3CC(C)(C(C)C)CCN3C)nc3c2CCN(c2cccc4c2C(C)=CCC4)C3)CC1CC#N. The van der Waals surface area contributed by atoms with Crippen LogP contribution in [0.2, 0.25) is 0 Å². The molecule has 0 bridgehead atoms. The molecule has 2 aromatic rings. The molecule has 0 N–H and O–H groups in total. The van der Waals surface area contributed by atoms with E-state index in [9.17, 15) is 10.1 Å². The molecule has 3 unspecified atom stereocenters. The van der Waals surface area contributed by atoms with Crippen molar-refractivity contribution in [1.29, 1.82) is 5.26 Å². The minimum absolute atomic E-state index is 0.106. The number of fused-ring (bicyclic) bond motifs is 2. The summed E-state index contributed by atoms with van der Waals surface area (Å²) in [5, 5.41) is 9.64.